The number of carbonyl (C=O) groups excluding carboxylic acids is 5. The Bertz CT molecular complexity index is 956. The van der Waals surface area contributed by atoms with Crippen molar-refractivity contribution in [1.29, 1.82) is 0 Å². The van der Waals surface area contributed by atoms with Gasteiger partial charge in [-0.15, -0.1) is 0 Å². The summed E-state index contributed by atoms with van der Waals surface area (Å²) in [4.78, 5) is 59.6. The predicted octanol–water partition coefficient (Wildman–Crippen LogP) is -3.56. The molecule has 2 rings (SSSR count). The van der Waals surface area contributed by atoms with Crippen molar-refractivity contribution in [3.8, 4) is 0 Å². The molecular weight excluding hydrogens is 576 g/mol. The van der Waals surface area contributed by atoms with Crippen LogP contribution in [0.2, 0.25) is 0 Å². The zero-order valence-corrected chi connectivity index (χ0v) is 23.5. The van der Waals surface area contributed by atoms with E-state index in [0.717, 1.165) is 34.8 Å². The first-order chi connectivity index (χ1) is 19.7. The first-order valence-corrected chi connectivity index (χ1v) is 12.7. The van der Waals surface area contributed by atoms with Crippen LogP contribution < -0.4 is 0 Å². The van der Waals surface area contributed by atoms with E-state index in [1.54, 1.807) is 0 Å². The lowest BCUT2D eigenvalue weighted by atomic mass is 9.96. The number of hydrogen-bond donors (Lipinski definition) is 4. The Morgan fingerprint density at radius 1 is 0.714 bits per heavy atom. The van der Waals surface area contributed by atoms with Crippen molar-refractivity contribution >= 4 is 29.8 Å². The van der Waals surface area contributed by atoms with Crippen molar-refractivity contribution in [2.75, 3.05) is 26.9 Å². The average Bonchev–Trinajstić information content (AvgIpc) is 2.91. The molecule has 2 aliphatic rings. The van der Waals surface area contributed by atoms with Crippen molar-refractivity contribution in [3.05, 3.63) is 0 Å². The van der Waals surface area contributed by atoms with E-state index in [-0.39, 0.29) is 0 Å². The summed E-state index contributed by atoms with van der Waals surface area (Å²) in [5, 5.41) is 40.6. The van der Waals surface area contributed by atoms with Gasteiger partial charge in [-0.2, -0.15) is 0 Å². The molecule has 18 heteroatoms. The molecule has 2 aliphatic heterocycles. The number of carbonyl (C=O) groups is 5. The highest BCUT2D eigenvalue weighted by atomic mass is 16.8. The molecule has 0 aromatic rings. The van der Waals surface area contributed by atoms with Crippen molar-refractivity contribution in [3.63, 3.8) is 0 Å². The molecule has 2 heterocycles. The molecule has 0 aliphatic carbocycles. The van der Waals surface area contributed by atoms with Gasteiger partial charge in [0, 0.05) is 27.7 Å². The topological polar surface area (TPSA) is 249 Å². The Morgan fingerprint density at radius 2 is 1.26 bits per heavy atom. The highest BCUT2D eigenvalue weighted by Gasteiger charge is 2.56. The Hall–Kier alpha value is -2.97. The second-order valence-electron chi connectivity index (χ2n) is 9.21. The minimum atomic E-state index is -1.93. The molecule has 0 unspecified atom stereocenters. The van der Waals surface area contributed by atoms with Crippen molar-refractivity contribution in [2.24, 2.45) is 0 Å². The summed E-state index contributed by atoms with van der Waals surface area (Å²) in [6.45, 7) is 1.82. The van der Waals surface area contributed by atoms with E-state index < -0.39 is 117 Å². The van der Waals surface area contributed by atoms with E-state index in [9.17, 15) is 44.4 Å². The van der Waals surface area contributed by atoms with Gasteiger partial charge in [0.15, 0.2) is 37.0 Å². The van der Waals surface area contributed by atoms with Crippen molar-refractivity contribution < 1.29 is 87.0 Å². The van der Waals surface area contributed by atoms with E-state index in [4.69, 9.17) is 37.9 Å². The number of rotatable bonds is 12. The third-order valence-corrected chi connectivity index (χ3v) is 5.99. The molecule has 0 saturated carbocycles. The zero-order valence-electron chi connectivity index (χ0n) is 23.5. The maximum Gasteiger partial charge on any atom is 0.337 e. The quantitative estimate of drug-likeness (QED) is 0.123. The third-order valence-electron chi connectivity index (χ3n) is 5.99. The summed E-state index contributed by atoms with van der Waals surface area (Å²) in [6.07, 6.45) is -18.5. The van der Waals surface area contributed by atoms with Crippen LogP contribution in [0.1, 0.15) is 27.7 Å². The number of aliphatic hydroxyl groups excluding tert-OH is 4. The summed E-state index contributed by atoms with van der Waals surface area (Å²) in [7, 11) is 1.01. The first-order valence-electron chi connectivity index (χ1n) is 12.7. The number of hydrogen-bond acceptors (Lipinski definition) is 18. The fourth-order valence-corrected chi connectivity index (χ4v) is 4.23. The van der Waals surface area contributed by atoms with Gasteiger partial charge >= 0.3 is 29.8 Å². The Balaban J connectivity index is 2.55. The maximum atomic E-state index is 12.1. The molecule has 0 spiro atoms. The highest BCUT2D eigenvalue weighted by Crippen LogP contribution is 2.34. The number of ether oxygens (including phenoxy) is 9. The van der Waals surface area contributed by atoms with Crippen LogP contribution in [0.3, 0.4) is 0 Å². The molecule has 2 fully saturated rings. The van der Waals surface area contributed by atoms with Gasteiger partial charge in [0.25, 0.3) is 0 Å². The molecule has 42 heavy (non-hydrogen) atoms. The molecule has 4 N–H and O–H groups in total. The van der Waals surface area contributed by atoms with Gasteiger partial charge in [-0.25, -0.2) is 4.79 Å². The molecule has 240 valence electrons. The third kappa shape index (κ3) is 9.27. The number of esters is 5. The van der Waals surface area contributed by atoms with Crippen LogP contribution >= 0.6 is 0 Å². The molecular formula is C24H36O18. The van der Waals surface area contributed by atoms with E-state index in [1.165, 1.54) is 0 Å². The second kappa shape index (κ2) is 16.0. The normalized spacial score (nSPS) is 33.5. The Morgan fingerprint density at radius 3 is 1.76 bits per heavy atom. The molecule has 2 saturated heterocycles. The lowest BCUT2D eigenvalue weighted by Crippen LogP contribution is -2.66. The standard InChI is InChI=1S/C24H36O18/c1-9(27)35-8-15-18(36-10(2)28)20(37-11(3)29)21(38-12(4)30)24(41-15)42-19-17(32)16(31)13(6-25)39-23(19)40-14(7-26)22(33)34-5/h13-21,23-26,31-32H,6-8H2,1-5H3/t13-,14-,15-,16-,17+,18-,19-,20+,21+,23-,24-/m1/s1. The summed E-state index contributed by atoms with van der Waals surface area (Å²) >= 11 is 0. The SMILES string of the molecule is COC(=O)[C@@H](CO)O[C@H]1O[C@H](CO)[C@@H](O)[C@H](O)[C@H]1O[C@H]1O[C@H](COC(C)=O)[C@@H](OC(C)=O)[C@H](OC(C)=O)[C@@H]1OC(C)=O. The van der Waals surface area contributed by atoms with Crippen LogP contribution in [0.4, 0.5) is 0 Å². The molecule has 0 bridgehead atoms. The van der Waals surface area contributed by atoms with E-state index in [2.05, 4.69) is 4.74 Å². The van der Waals surface area contributed by atoms with Gasteiger partial charge in [-0.3, -0.25) is 19.2 Å². The maximum absolute atomic E-state index is 12.1. The first kappa shape index (κ1) is 35.2. The lowest BCUT2D eigenvalue weighted by Gasteiger charge is -2.47. The predicted molar refractivity (Wildman–Crippen MR) is 129 cm³/mol. The van der Waals surface area contributed by atoms with Crippen LogP contribution in [0.25, 0.3) is 0 Å². The van der Waals surface area contributed by atoms with Gasteiger partial charge in [0.2, 0.25) is 0 Å². The van der Waals surface area contributed by atoms with Crippen molar-refractivity contribution in [2.45, 2.75) is 95.2 Å². The van der Waals surface area contributed by atoms with Crippen LogP contribution in [-0.4, -0.2) is 145 Å². The van der Waals surface area contributed by atoms with Gasteiger partial charge in [-0.1, -0.05) is 0 Å². The highest BCUT2D eigenvalue weighted by molar-refractivity contribution is 5.74. The summed E-state index contributed by atoms with van der Waals surface area (Å²) in [6, 6.07) is 0. The van der Waals surface area contributed by atoms with Crippen molar-refractivity contribution in [1.82, 2.24) is 0 Å². The van der Waals surface area contributed by atoms with E-state index >= 15 is 0 Å². The molecule has 0 amide bonds. The van der Waals surface area contributed by atoms with Crippen LogP contribution in [0.5, 0.6) is 0 Å². The fraction of sp³-hybridized carbons (Fsp3) is 0.792. The average molecular weight is 613 g/mol. The van der Waals surface area contributed by atoms with Crippen LogP contribution in [-0.2, 0) is 66.6 Å². The zero-order chi connectivity index (χ0) is 31.7. The Kier molecular flexibility index (Phi) is 13.4. The van der Waals surface area contributed by atoms with Crippen LogP contribution in [0.15, 0.2) is 0 Å². The molecule has 18 nitrogen and oxygen atoms in total. The molecule has 0 aromatic heterocycles. The summed E-state index contributed by atoms with van der Waals surface area (Å²) < 4.78 is 48.0. The number of aliphatic hydroxyl groups is 4. The van der Waals surface area contributed by atoms with Gasteiger partial charge in [-0.05, 0) is 0 Å². The number of methoxy groups -OCH3 is 1. The van der Waals surface area contributed by atoms with E-state index in [0.29, 0.717) is 0 Å². The smallest absolute Gasteiger partial charge is 0.337 e. The second-order valence-corrected chi connectivity index (χ2v) is 9.21. The van der Waals surface area contributed by atoms with Crippen LogP contribution in [0, 0.1) is 0 Å². The Labute approximate surface area is 239 Å². The molecule has 0 radical (unpaired) electrons. The lowest BCUT2D eigenvalue weighted by molar-refractivity contribution is -0.371. The van der Waals surface area contributed by atoms with Gasteiger partial charge in [0.05, 0.1) is 20.3 Å². The largest absolute Gasteiger partial charge is 0.467 e. The fourth-order valence-electron chi connectivity index (χ4n) is 4.23. The summed E-state index contributed by atoms with van der Waals surface area (Å²) in [5.41, 5.74) is 0. The minimum absolute atomic E-state index is 0.578. The summed E-state index contributed by atoms with van der Waals surface area (Å²) in [5.74, 6) is -4.52. The van der Waals surface area contributed by atoms with E-state index in [1.807, 2.05) is 0 Å². The monoisotopic (exact) mass is 612 g/mol. The van der Waals surface area contributed by atoms with Gasteiger partial charge < -0.3 is 63.1 Å². The molecule has 0 aromatic carbocycles. The van der Waals surface area contributed by atoms with Gasteiger partial charge in [0.1, 0.15) is 37.1 Å². The molecule has 11 atom stereocenters. The minimum Gasteiger partial charge on any atom is -0.467 e.